The van der Waals surface area contributed by atoms with E-state index in [1.807, 2.05) is 33.9 Å². The first kappa shape index (κ1) is 18.4. The van der Waals surface area contributed by atoms with Crippen LogP contribution in [0, 0.1) is 19.3 Å². The average Bonchev–Trinajstić information content (AvgIpc) is 3.38. The number of benzene rings is 1. The Morgan fingerprint density at radius 1 is 1.23 bits per heavy atom. The normalized spacial score (nSPS) is 14.2. The summed E-state index contributed by atoms with van der Waals surface area (Å²) >= 11 is 0. The largest absolute Gasteiger partial charge is 0.382 e. The number of hydrogen-bond donors (Lipinski definition) is 1. The van der Waals surface area contributed by atoms with Crippen molar-refractivity contribution in [3.63, 3.8) is 0 Å². The molecule has 1 heterocycles. The maximum atomic E-state index is 12.6. The van der Waals surface area contributed by atoms with Gasteiger partial charge in [-0.25, -0.2) is 4.98 Å². The van der Waals surface area contributed by atoms with E-state index in [4.69, 9.17) is 0 Å². The van der Waals surface area contributed by atoms with E-state index < -0.39 is 5.41 Å². The zero-order chi connectivity index (χ0) is 19.1. The number of pyridine rings is 1. The summed E-state index contributed by atoms with van der Waals surface area (Å²) in [5.41, 5.74) is 5.28. The molecule has 1 N–H and O–H groups in total. The van der Waals surface area contributed by atoms with Gasteiger partial charge in [0, 0.05) is 36.0 Å². The molecule has 4 heteroatoms. The van der Waals surface area contributed by atoms with Gasteiger partial charge in [0.05, 0.1) is 0 Å². The molecule has 1 aliphatic carbocycles. The van der Waals surface area contributed by atoms with E-state index in [0.29, 0.717) is 6.04 Å². The van der Waals surface area contributed by atoms with Gasteiger partial charge < -0.3 is 5.32 Å². The highest BCUT2D eigenvalue weighted by molar-refractivity contribution is 5.96. The molecule has 138 valence electrons. The number of hydrogen-bond acceptors (Lipinski definition) is 3. The number of amides is 1. The fraction of sp³-hybridized carbons (Fsp3) is 0.455. The van der Waals surface area contributed by atoms with Crippen LogP contribution in [0.25, 0.3) is 11.1 Å². The first-order chi connectivity index (χ1) is 12.2. The van der Waals surface area contributed by atoms with Crippen molar-refractivity contribution in [1.82, 2.24) is 4.98 Å². The van der Waals surface area contributed by atoms with Crippen molar-refractivity contribution in [3.8, 4) is 11.1 Å². The van der Waals surface area contributed by atoms with Crippen molar-refractivity contribution in [1.29, 1.82) is 0 Å². The van der Waals surface area contributed by atoms with Gasteiger partial charge in [0.1, 0.15) is 5.82 Å². The Balaban J connectivity index is 1.91. The minimum atomic E-state index is -0.430. The molecule has 0 spiro atoms. The lowest BCUT2D eigenvalue weighted by Gasteiger charge is -2.26. The second-order valence-electron chi connectivity index (χ2n) is 8.38. The van der Waals surface area contributed by atoms with Crippen molar-refractivity contribution in [2.24, 2.45) is 5.41 Å². The summed E-state index contributed by atoms with van der Waals surface area (Å²) in [6.45, 7) is 9.95. The summed E-state index contributed by atoms with van der Waals surface area (Å²) in [4.78, 5) is 18.8. The summed E-state index contributed by atoms with van der Waals surface area (Å²) in [5, 5.41) is 3.60. The zero-order valence-electron chi connectivity index (χ0n) is 16.7. The van der Waals surface area contributed by atoms with Crippen LogP contribution in [0.3, 0.4) is 0 Å². The fourth-order valence-corrected chi connectivity index (χ4v) is 3.22. The Morgan fingerprint density at radius 3 is 2.50 bits per heavy atom. The van der Waals surface area contributed by atoms with E-state index in [1.54, 1.807) is 11.9 Å². The quantitative estimate of drug-likeness (QED) is 0.848. The van der Waals surface area contributed by atoms with Crippen molar-refractivity contribution >= 4 is 17.4 Å². The fourth-order valence-electron chi connectivity index (χ4n) is 3.22. The summed E-state index contributed by atoms with van der Waals surface area (Å²) < 4.78 is 0. The van der Waals surface area contributed by atoms with Crippen LogP contribution in [0.5, 0.6) is 0 Å². The summed E-state index contributed by atoms with van der Waals surface area (Å²) in [5.74, 6) is 0.784. The second kappa shape index (κ2) is 6.75. The minimum absolute atomic E-state index is 0.0626. The van der Waals surface area contributed by atoms with E-state index in [2.05, 4.69) is 41.5 Å². The van der Waals surface area contributed by atoms with E-state index in [9.17, 15) is 4.79 Å². The molecule has 0 saturated heterocycles. The molecule has 0 radical (unpaired) electrons. The van der Waals surface area contributed by atoms with E-state index in [-0.39, 0.29) is 5.91 Å². The minimum Gasteiger partial charge on any atom is -0.382 e. The number of aromatic nitrogens is 1. The predicted molar refractivity (Wildman–Crippen MR) is 109 cm³/mol. The van der Waals surface area contributed by atoms with Gasteiger partial charge >= 0.3 is 0 Å². The molecule has 26 heavy (non-hydrogen) atoms. The lowest BCUT2D eigenvalue weighted by atomic mass is 9.94. The predicted octanol–water partition coefficient (Wildman–Crippen LogP) is 4.95. The average molecular weight is 351 g/mol. The van der Waals surface area contributed by atoms with Crippen LogP contribution in [0.1, 0.15) is 44.7 Å². The van der Waals surface area contributed by atoms with Crippen LogP contribution in [-0.2, 0) is 4.79 Å². The molecule has 1 amide bonds. The first-order valence-corrected chi connectivity index (χ1v) is 9.30. The van der Waals surface area contributed by atoms with Crippen molar-refractivity contribution < 1.29 is 4.79 Å². The van der Waals surface area contributed by atoms with Crippen LogP contribution in [0.4, 0.5) is 11.5 Å². The number of anilines is 2. The van der Waals surface area contributed by atoms with Gasteiger partial charge in [-0.2, -0.15) is 0 Å². The molecule has 0 atom stereocenters. The lowest BCUT2D eigenvalue weighted by molar-refractivity contribution is -0.125. The maximum absolute atomic E-state index is 12.6. The molecule has 0 unspecified atom stereocenters. The summed E-state index contributed by atoms with van der Waals surface area (Å²) in [7, 11) is 1.80. The van der Waals surface area contributed by atoms with Gasteiger partial charge in [0.2, 0.25) is 5.91 Å². The van der Waals surface area contributed by atoms with Crippen molar-refractivity contribution in [3.05, 3.63) is 41.6 Å². The maximum Gasteiger partial charge on any atom is 0.233 e. The number of carbonyl (C=O) groups is 1. The van der Waals surface area contributed by atoms with Crippen LogP contribution >= 0.6 is 0 Å². The highest BCUT2D eigenvalue weighted by atomic mass is 16.2. The molecule has 1 saturated carbocycles. The van der Waals surface area contributed by atoms with Gasteiger partial charge in [-0.3, -0.25) is 9.69 Å². The molecule has 1 aromatic carbocycles. The Labute approximate surface area is 156 Å². The highest BCUT2D eigenvalue weighted by Crippen LogP contribution is 2.33. The lowest BCUT2D eigenvalue weighted by Crippen LogP contribution is -2.37. The molecular formula is C22H29N3O. The molecule has 0 bridgehead atoms. The first-order valence-electron chi connectivity index (χ1n) is 9.30. The number of rotatable bonds is 4. The van der Waals surface area contributed by atoms with Crippen molar-refractivity contribution in [2.75, 3.05) is 17.3 Å². The highest BCUT2D eigenvalue weighted by Gasteiger charge is 2.27. The standard InChI is InChI=1S/C22H29N3O/c1-14-12-16(13-23-20(14)25(6)21(26)22(3,4)5)18-8-7-9-19(15(18)2)24-17-10-11-17/h7-9,12-13,17,24H,10-11H2,1-6H3. The van der Waals surface area contributed by atoms with Crippen LogP contribution in [-0.4, -0.2) is 24.0 Å². The van der Waals surface area contributed by atoms with Crippen molar-refractivity contribution in [2.45, 2.75) is 53.5 Å². The summed E-state index contributed by atoms with van der Waals surface area (Å²) in [6, 6.07) is 9.11. The van der Waals surface area contributed by atoms with Gasteiger partial charge in [-0.15, -0.1) is 0 Å². The topological polar surface area (TPSA) is 45.2 Å². The van der Waals surface area contributed by atoms with Gasteiger partial charge in [-0.05, 0) is 55.5 Å². The Morgan fingerprint density at radius 2 is 1.92 bits per heavy atom. The van der Waals surface area contributed by atoms with Gasteiger partial charge in [-0.1, -0.05) is 32.9 Å². The molecule has 2 aromatic rings. The molecule has 4 nitrogen and oxygen atoms in total. The van der Waals surface area contributed by atoms with Crippen LogP contribution in [0.15, 0.2) is 30.5 Å². The third-order valence-electron chi connectivity index (χ3n) is 4.90. The summed E-state index contributed by atoms with van der Waals surface area (Å²) in [6.07, 6.45) is 4.39. The molecule has 0 aliphatic heterocycles. The smallest absolute Gasteiger partial charge is 0.233 e. The molecule has 3 rings (SSSR count). The Hall–Kier alpha value is -2.36. The Bertz CT molecular complexity index is 832. The monoisotopic (exact) mass is 351 g/mol. The number of carbonyl (C=O) groups excluding carboxylic acids is 1. The van der Waals surface area contributed by atoms with Crippen LogP contribution in [0.2, 0.25) is 0 Å². The van der Waals surface area contributed by atoms with E-state index in [0.717, 1.165) is 16.9 Å². The van der Waals surface area contributed by atoms with Gasteiger partial charge in [0.25, 0.3) is 0 Å². The molecule has 1 fully saturated rings. The third kappa shape index (κ3) is 3.74. The number of aryl methyl sites for hydroxylation is 1. The molecular weight excluding hydrogens is 322 g/mol. The second-order valence-corrected chi connectivity index (χ2v) is 8.38. The number of nitrogens with zero attached hydrogens (tertiary/aromatic N) is 2. The van der Waals surface area contributed by atoms with Gasteiger partial charge in [0.15, 0.2) is 0 Å². The molecule has 1 aliphatic rings. The SMILES string of the molecule is Cc1cc(-c2cccc(NC3CC3)c2C)cnc1N(C)C(=O)C(C)(C)C. The Kier molecular flexibility index (Phi) is 4.78. The molecule has 1 aromatic heterocycles. The third-order valence-corrected chi connectivity index (χ3v) is 4.90. The van der Waals surface area contributed by atoms with Crippen LogP contribution < -0.4 is 10.2 Å². The zero-order valence-corrected chi connectivity index (χ0v) is 16.7. The van der Waals surface area contributed by atoms with E-state index in [1.165, 1.54) is 29.7 Å². The number of nitrogens with one attached hydrogen (secondary N) is 1. The van der Waals surface area contributed by atoms with E-state index >= 15 is 0 Å².